The fraction of sp³-hybridized carbons (Fsp3) is 0.333. The van der Waals surface area contributed by atoms with Gasteiger partial charge in [0.2, 0.25) is 5.43 Å². The van der Waals surface area contributed by atoms with Crippen LogP contribution in [0.25, 0.3) is 32.7 Å². The third kappa shape index (κ3) is 2.72. The molecule has 1 aliphatic carbocycles. The highest BCUT2D eigenvalue weighted by molar-refractivity contribution is 6.07. The number of pyridine rings is 2. The van der Waals surface area contributed by atoms with Crippen molar-refractivity contribution in [2.24, 2.45) is 0 Å². The molecular formula is C24H22F2N4O2. The number of fused-ring (bicyclic) bond motifs is 4. The molecule has 2 fully saturated rings. The molecule has 3 heterocycles. The van der Waals surface area contributed by atoms with Crippen molar-refractivity contribution in [3.63, 3.8) is 0 Å². The van der Waals surface area contributed by atoms with E-state index in [4.69, 9.17) is 0 Å². The van der Waals surface area contributed by atoms with Crippen LogP contribution < -0.4 is 15.9 Å². The van der Waals surface area contributed by atoms with E-state index in [2.05, 4.69) is 9.88 Å². The lowest BCUT2D eigenvalue weighted by molar-refractivity contribution is 0.310. The first-order chi connectivity index (χ1) is 15.5. The Morgan fingerprint density at radius 1 is 0.969 bits per heavy atom. The summed E-state index contributed by atoms with van der Waals surface area (Å²) in [6.45, 7) is 2.40. The molecule has 32 heavy (non-hydrogen) atoms. The number of halogens is 2. The number of nitrogens with one attached hydrogen (secondary N) is 1. The van der Waals surface area contributed by atoms with Gasteiger partial charge in [-0.1, -0.05) is 18.2 Å². The molecule has 4 aromatic rings. The number of para-hydroxylation sites is 1. The van der Waals surface area contributed by atoms with Gasteiger partial charge in [-0.05, 0) is 32.0 Å². The summed E-state index contributed by atoms with van der Waals surface area (Å²) >= 11 is 0. The minimum atomic E-state index is -0.768. The molecule has 2 aromatic carbocycles. The Balaban J connectivity index is 1.79. The minimum absolute atomic E-state index is 0.0360. The molecule has 2 aromatic heterocycles. The molecule has 1 aliphatic heterocycles. The molecule has 0 unspecified atom stereocenters. The van der Waals surface area contributed by atoms with Gasteiger partial charge in [-0.3, -0.25) is 9.59 Å². The van der Waals surface area contributed by atoms with Crippen LogP contribution in [-0.2, 0) is 0 Å². The Bertz CT molecular complexity index is 1530. The smallest absolute Gasteiger partial charge is 0.261 e. The topological polar surface area (TPSA) is 61.3 Å². The third-order valence-electron chi connectivity index (χ3n) is 6.75. The average molecular weight is 436 g/mol. The second-order valence-corrected chi connectivity index (χ2v) is 8.86. The van der Waals surface area contributed by atoms with Gasteiger partial charge < -0.3 is 19.4 Å². The number of H-pyrrole nitrogens is 1. The lowest BCUT2D eigenvalue weighted by Crippen LogP contribution is -2.45. The van der Waals surface area contributed by atoms with Crippen molar-refractivity contribution in [3.8, 4) is 0 Å². The predicted molar refractivity (Wildman–Crippen MR) is 122 cm³/mol. The number of aromatic amines is 1. The average Bonchev–Trinajstić information content (AvgIpc) is 3.61. The standard InChI is InChI=1S/C24H22F2N4O2/c1-28-8-10-29(11-9-28)22-16(25)12-15-21(19(22)26)30(13-6-7-13)20-14-4-2-3-5-17(14)27-24(32)18(20)23(15)31/h2-5,12-13H,6-11H2,1H3,(H,27,32). The van der Waals surface area contributed by atoms with Gasteiger partial charge in [0.15, 0.2) is 5.82 Å². The Morgan fingerprint density at radius 2 is 1.69 bits per heavy atom. The normalized spacial score (nSPS) is 17.7. The molecule has 164 valence electrons. The second-order valence-electron chi connectivity index (χ2n) is 8.86. The van der Waals surface area contributed by atoms with Crippen LogP contribution in [0.2, 0.25) is 0 Å². The lowest BCUT2D eigenvalue weighted by atomic mass is 10.0. The Hall–Kier alpha value is -3.26. The van der Waals surface area contributed by atoms with Crippen LogP contribution in [0.4, 0.5) is 14.5 Å². The van der Waals surface area contributed by atoms with Crippen LogP contribution in [0.3, 0.4) is 0 Å². The maximum Gasteiger partial charge on any atom is 0.261 e. The van der Waals surface area contributed by atoms with Crippen molar-refractivity contribution in [1.29, 1.82) is 0 Å². The summed E-state index contributed by atoms with van der Waals surface area (Å²) in [4.78, 5) is 32.9. The second kappa shape index (κ2) is 6.87. The fourth-order valence-electron chi connectivity index (χ4n) is 4.96. The monoisotopic (exact) mass is 436 g/mol. The predicted octanol–water partition coefficient (Wildman–Crippen LogP) is 3.36. The van der Waals surface area contributed by atoms with Gasteiger partial charge >= 0.3 is 0 Å². The molecule has 0 atom stereocenters. The fourth-order valence-corrected chi connectivity index (χ4v) is 4.96. The van der Waals surface area contributed by atoms with Gasteiger partial charge in [-0.25, -0.2) is 8.78 Å². The summed E-state index contributed by atoms with van der Waals surface area (Å²) in [7, 11) is 1.98. The first kappa shape index (κ1) is 19.4. The molecule has 6 nitrogen and oxygen atoms in total. The molecule has 1 saturated carbocycles. The zero-order valence-corrected chi connectivity index (χ0v) is 17.6. The van der Waals surface area contributed by atoms with E-state index < -0.39 is 22.6 Å². The van der Waals surface area contributed by atoms with Gasteiger partial charge in [-0.15, -0.1) is 0 Å². The van der Waals surface area contributed by atoms with E-state index in [0.29, 0.717) is 42.6 Å². The van der Waals surface area contributed by atoms with E-state index in [0.717, 1.165) is 18.9 Å². The summed E-state index contributed by atoms with van der Waals surface area (Å²) in [6.07, 6.45) is 1.63. The molecule has 2 aliphatic rings. The van der Waals surface area contributed by atoms with Crippen LogP contribution >= 0.6 is 0 Å². The first-order valence-corrected chi connectivity index (χ1v) is 10.9. The SMILES string of the molecule is CN1CCN(c2c(F)cc3c(=O)c4c(=O)[nH]c5ccccc5c4n(C4CC4)c3c2F)CC1. The van der Waals surface area contributed by atoms with Crippen molar-refractivity contribution >= 4 is 38.4 Å². The molecular weight excluding hydrogens is 414 g/mol. The Labute approximate surface area is 181 Å². The van der Waals surface area contributed by atoms with Crippen molar-refractivity contribution < 1.29 is 8.78 Å². The van der Waals surface area contributed by atoms with Gasteiger partial charge in [0.25, 0.3) is 5.56 Å². The number of benzene rings is 2. The number of hydrogen-bond acceptors (Lipinski definition) is 4. The number of anilines is 1. The highest BCUT2D eigenvalue weighted by Crippen LogP contribution is 2.42. The summed E-state index contributed by atoms with van der Waals surface area (Å²) in [5, 5.41) is 0.546. The van der Waals surface area contributed by atoms with Crippen LogP contribution in [0.1, 0.15) is 18.9 Å². The number of aromatic nitrogens is 2. The summed E-state index contributed by atoms with van der Waals surface area (Å²) in [5.41, 5.74) is -0.159. The molecule has 1 N–H and O–H groups in total. The molecule has 1 saturated heterocycles. The zero-order valence-electron chi connectivity index (χ0n) is 17.6. The van der Waals surface area contributed by atoms with E-state index in [1.54, 1.807) is 21.6 Å². The Kier molecular flexibility index (Phi) is 4.17. The largest absolute Gasteiger partial charge is 0.364 e. The van der Waals surface area contributed by atoms with Crippen LogP contribution in [0, 0.1) is 11.6 Å². The number of nitrogens with zero attached hydrogens (tertiary/aromatic N) is 3. The van der Waals surface area contributed by atoms with E-state index >= 15 is 8.78 Å². The lowest BCUT2D eigenvalue weighted by Gasteiger charge is -2.34. The highest BCUT2D eigenvalue weighted by Gasteiger charge is 2.32. The molecule has 8 heteroatoms. The van der Waals surface area contributed by atoms with Gasteiger partial charge in [-0.2, -0.15) is 0 Å². The summed E-state index contributed by atoms with van der Waals surface area (Å²) in [6, 6.07) is 8.28. The molecule has 0 radical (unpaired) electrons. The number of likely N-dealkylation sites (N-methyl/N-ethyl adjacent to an activating group) is 1. The van der Waals surface area contributed by atoms with Crippen molar-refractivity contribution in [1.82, 2.24) is 14.5 Å². The molecule has 0 spiro atoms. The molecule has 0 amide bonds. The van der Waals surface area contributed by atoms with Gasteiger partial charge in [0.1, 0.15) is 16.9 Å². The van der Waals surface area contributed by atoms with E-state index in [9.17, 15) is 9.59 Å². The first-order valence-electron chi connectivity index (χ1n) is 10.9. The van der Waals surface area contributed by atoms with Crippen molar-refractivity contribution in [2.45, 2.75) is 18.9 Å². The van der Waals surface area contributed by atoms with Crippen LogP contribution in [0.5, 0.6) is 0 Å². The number of hydrogen-bond donors (Lipinski definition) is 1. The summed E-state index contributed by atoms with van der Waals surface area (Å²) in [5.74, 6) is -1.49. The summed E-state index contributed by atoms with van der Waals surface area (Å²) < 4.78 is 33.1. The van der Waals surface area contributed by atoms with Gasteiger partial charge in [0.05, 0.1) is 21.9 Å². The molecule has 0 bridgehead atoms. The van der Waals surface area contributed by atoms with Crippen LogP contribution in [0.15, 0.2) is 39.9 Å². The van der Waals surface area contributed by atoms with Crippen LogP contribution in [-0.4, -0.2) is 47.7 Å². The van der Waals surface area contributed by atoms with E-state index in [-0.39, 0.29) is 28.0 Å². The highest BCUT2D eigenvalue weighted by atomic mass is 19.1. The maximum absolute atomic E-state index is 16.1. The van der Waals surface area contributed by atoms with E-state index in [1.165, 1.54) is 0 Å². The molecule has 6 rings (SSSR count). The number of piperazine rings is 1. The van der Waals surface area contributed by atoms with Crippen molar-refractivity contribution in [3.05, 3.63) is 62.5 Å². The van der Waals surface area contributed by atoms with E-state index in [1.807, 2.05) is 19.2 Å². The Morgan fingerprint density at radius 3 is 2.41 bits per heavy atom. The number of rotatable bonds is 2. The van der Waals surface area contributed by atoms with Crippen molar-refractivity contribution in [2.75, 3.05) is 38.1 Å². The van der Waals surface area contributed by atoms with Gasteiger partial charge in [0, 0.05) is 37.6 Å². The maximum atomic E-state index is 16.1. The minimum Gasteiger partial charge on any atom is -0.364 e. The zero-order chi connectivity index (χ0) is 22.1. The third-order valence-corrected chi connectivity index (χ3v) is 6.75. The quantitative estimate of drug-likeness (QED) is 0.387.